The zero-order valence-electron chi connectivity index (χ0n) is 30.5. The summed E-state index contributed by atoms with van der Waals surface area (Å²) in [6, 6.07) is 21.4. The maximum absolute atomic E-state index is 12.0. The Morgan fingerprint density at radius 2 is 1.79 bits per heavy atom. The third-order valence-electron chi connectivity index (χ3n) is 12.1. The molecule has 4 atom stereocenters. The monoisotopic (exact) mass is 714 g/mol. The number of carbonyl (C=O) groups excluding carboxylic acids is 1. The average molecular weight is 715 g/mol. The molecule has 1 amide bonds. The van der Waals surface area contributed by atoms with Crippen molar-refractivity contribution in [3.8, 4) is 17.2 Å². The third-order valence-corrected chi connectivity index (χ3v) is 12.1. The van der Waals surface area contributed by atoms with Gasteiger partial charge >= 0.3 is 0 Å². The lowest BCUT2D eigenvalue weighted by molar-refractivity contribution is -0.946. The zero-order chi connectivity index (χ0) is 36.1. The van der Waals surface area contributed by atoms with Crippen molar-refractivity contribution in [1.82, 2.24) is 5.32 Å². The van der Waals surface area contributed by atoms with Gasteiger partial charge in [-0.25, -0.2) is 0 Å². The van der Waals surface area contributed by atoms with Crippen molar-refractivity contribution in [3.63, 3.8) is 0 Å². The van der Waals surface area contributed by atoms with Gasteiger partial charge in [0.25, 0.3) is 5.91 Å². The van der Waals surface area contributed by atoms with Crippen LogP contribution in [0.1, 0.15) is 74.7 Å². The number of amides is 1. The Kier molecular flexibility index (Phi) is 11.4. The Hall–Kier alpha value is -3.67. The second-order valence-electron chi connectivity index (χ2n) is 15.8. The van der Waals surface area contributed by atoms with Crippen LogP contribution in [0.5, 0.6) is 17.2 Å². The minimum atomic E-state index is -0.921. The molecule has 1 aliphatic carbocycles. The summed E-state index contributed by atoms with van der Waals surface area (Å²) in [6.45, 7) is 7.78. The summed E-state index contributed by atoms with van der Waals surface area (Å²) in [5, 5.41) is 39.1. The number of aliphatic hydroxyl groups excluding tert-OH is 1. The molecule has 3 saturated heterocycles. The molecule has 5 aliphatic rings. The first-order valence-electron chi connectivity index (χ1n) is 19.4. The first-order valence-corrected chi connectivity index (χ1v) is 19.4. The minimum absolute atomic E-state index is 0.0455. The fraction of sp³-hybridized carbons (Fsp3) is 0.548. The van der Waals surface area contributed by atoms with Gasteiger partial charge in [0.15, 0.2) is 6.61 Å². The van der Waals surface area contributed by atoms with Crippen LogP contribution in [0.4, 0.5) is 5.69 Å². The van der Waals surface area contributed by atoms with Gasteiger partial charge in [-0.2, -0.15) is 0 Å². The number of anilines is 1. The molecule has 3 aromatic rings. The molecule has 10 nitrogen and oxygen atoms in total. The lowest BCUT2D eigenvalue weighted by Crippen LogP contribution is -2.65. The first-order chi connectivity index (χ1) is 25.2. The molecule has 0 aromatic heterocycles. The summed E-state index contributed by atoms with van der Waals surface area (Å²) in [4.78, 5) is 11.7. The first kappa shape index (κ1) is 36.7. The van der Waals surface area contributed by atoms with Gasteiger partial charge in [0.2, 0.25) is 0 Å². The number of aliphatic hydroxyl groups is 2. The van der Waals surface area contributed by atoms with E-state index in [9.17, 15) is 20.1 Å². The highest BCUT2D eigenvalue weighted by Crippen LogP contribution is 2.43. The van der Waals surface area contributed by atoms with Crippen molar-refractivity contribution in [2.24, 2.45) is 11.8 Å². The van der Waals surface area contributed by atoms with Crippen LogP contribution in [-0.2, 0) is 21.6 Å². The van der Waals surface area contributed by atoms with Crippen LogP contribution in [0.25, 0.3) is 0 Å². The van der Waals surface area contributed by atoms with Gasteiger partial charge < -0.3 is 44.6 Å². The number of quaternary nitrogens is 1. The molecule has 1 saturated carbocycles. The Bertz CT molecular complexity index is 1640. The molecule has 0 spiro atoms. The summed E-state index contributed by atoms with van der Waals surface area (Å²) in [7, 11) is 0. The molecule has 3 aromatic carbocycles. The normalized spacial score (nSPS) is 25.1. The summed E-state index contributed by atoms with van der Waals surface area (Å²) in [6.07, 6.45) is 7.92. The maximum atomic E-state index is 12.0. The number of rotatable bonds is 16. The number of nitrogens with one attached hydrogen (secondary N) is 2. The molecule has 0 unspecified atom stereocenters. The highest BCUT2D eigenvalue weighted by molar-refractivity contribution is 5.96. The number of aromatic hydroxyl groups is 1. The van der Waals surface area contributed by atoms with Crippen molar-refractivity contribution in [2.45, 2.75) is 82.1 Å². The molecule has 4 heterocycles. The Labute approximate surface area is 307 Å². The van der Waals surface area contributed by atoms with Crippen LogP contribution in [0.2, 0.25) is 0 Å². The van der Waals surface area contributed by atoms with Crippen molar-refractivity contribution >= 4 is 11.6 Å². The highest BCUT2D eigenvalue weighted by atomic mass is 16.5. The quantitative estimate of drug-likeness (QED) is 0.0980. The SMILES string of the molecule is C[C@H](Cc1ccc(OCCC[N+]23CCC(CC2)[C@H](OC[C@](O)(c2ccccc2)C2CCCC2)C3)cc1)NC[C@@H](O)c1cc(O)cc2c1OCC(=O)N2. The Morgan fingerprint density at radius 1 is 1.04 bits per heavy atom. The van der Waals surface area contributed by atoms with E-state index >= 15 is 0 Å². The molecule has 4 fully saturated rings. The molecule has 280 valence electrons. The van der Waals surface area contributed by atoms with Gasteiger partial charge in [0.1, 0.15) is 35.5 Å². The summed E-state index contributed by atoms with van der Waals surface area (Å²) >= 11 is 0. The van der Waals surface area contributed by atoms with E-state index in [1.807, 2.05) is 30.3 Å². The van der Waals surface area contributed by atoms with E-state index in [-0.39, 0.29) is 42.9 Å². The number of ether oxygens (including phenoxy) is 3. The van der Waals surface area contributed by atoms with Gasteiger partial charge in [0, 0.05) is 49.4 Å². The molecule has 8 rings (SSSR count). The minimum Gasteiger partial charge on any atom is -0.508 e. The van der Waals surface area contributed by atoms with Crippen LogP contribution < -0.4 is 20.1 Å². The second kappa shape index (κ2) is 16.1. The van der Waals surface area contributed by atoms with Crippen LogP contribution in [0.3, 0.4) is 0 Å². The van der Waals surface area contributed by atoms with E-state index in [4.69, 9.17) is 14.2 Å². The predicted octanol–water partition coefficient (Wildman–Crippen LogP) is 5.45. The van der Waals surface area contributed by atoms with Crippen molar-refractivity contribution in [3.05, 3.63) is 83.4 Å². The standard InChI is InChI=1S/C42H55N3O7/c1-29(43-25-38(47)36-23-34(46)24-37-41(36)51-27-40(48)44-37)22-30-12-14-35(15-13-30)50-21-7-18-45-19-16-31(17-20-45)39(26-45)52-28-42(49,33-10-5-6-11-33)32-8-3-2-4-9-32/h2-4,8-9,12-15,23-24,29,31,33,38-39,43,47,49H,5-7,10-11,16-22,25-28H2,1H3,(H-,44,46,48)/p+1/t29-,31?,38-,39-,42+,45?/m1/s1. The topological polar surface area (TPSA) is 130 Å². The third kappa shape index (κ3) is 8.42. The van der Waals surface area contributed by atoms with E-state index < -0.39 is 11.7 Å². The van der Waals surface area contributed by atoms with Crippen LogP contribution >= 0.6 is 0 Å². The second-order valence-corrected chi connectivity index (χ2v) is 15.8. The van der Waals surface area contributed by atoms with E-state index in [0.29, 0.717) is 36.1 Å². The fourth-order valence-corrected chi connectivity index (χ4v) is 9.15. The molecule has 52 heavy (non-hydrogen) atoms. The van der Waals surface area contributed by atoms with E-state index in [2.05, 4.69) is 41.8 Å². The largest absolute Gasteiger partial charge is 0.508 e. The molecular formula is C42H56N3O7+. The van der Waals surface area contributed by atoms with E-state index in [1.54, 1.807) is 0 Å². The number of benzene rings is 3. The summed E-state index contributed by atoms with van der Waals surface area (Å²) in [5.41, 5.74) is 2.04. The molecule has 0 radical (unpaired) electrons. The van der Waals surface area contributed by atoms with Gasteiger partial charge in [-0.05, 0) is 61.4 Å². The van der Waals surface area contributed by atoms with Crippen LogP contribution in [0, 0.1) is 11.8 Å². The van der Waals surface area contributed by atoms with Crippen LogP contribution in [0.15, 0.2) is 66.7 Å². The number of carbonyl (C=O) groups is 1. The number of phenols is 1. The van der Waals surface area contributed by atoms with Gasteiger partial charge in [-0.1, -0.05) is 55.3 Å². The van der Waals surface area contributed by atoms with Crippen molar-refractivity contribution in [1.29, 1.82) is 0 Å². The summed E-state index contributed by atoms with van der Waals surface area (Å²) < 4.78 is 19.6. The predicted molar refractivity (Wildman–Crippen MR) is 199 cm³/mol. The zero-order valence-corrected chi connectivity index (χ0v) is 30.5. The van der Waals surface area contributed by atoms with Gasteiger partial charge in [-0.3, -0.25) is 4.79 Å². The summed E-state index contributed by atoms with van der Waals surface area (Å²) in [5.74, 6) is 1.76. The molecular weight excluding hydrogens is 658 g/mol. The molecule has 4 aliphatic heterocycles. The number of nitrogens with zero attached hydrogens (tertiary/aromatic N) is 1. The molecule has 2 bridgehead atoms. The molecule has 10 heteroatoms. The molecule has 5 N–H and O–H groups in total. The van der Waals surface area contributed by atoms with Gasteiger partial charge in [0.05, 0.1) is 44.6 Å². The van der Waals surface area contributed by atoms with E-state index in [0.717, 1.165) is 60.1 Å². The average Bonchev–Trinajstić information content (AvgIpc) is 3.72. The number of hydrogen-bond acceptors (Lipinski definition) is 8. The lowest BCUT2D eigenvalue weighted by atomic mass is 9.80. The fourth-order valence-electron chi connectivity index (χ4n) is 9.15. The maximum Gasteiger partial charge on any atom is 0.262 e. The number of piperidine rings is 3. The number of hydrogen-bond donors (Lipinski definition) is 5. The number of phenolic OH excluding ortho intramolecular Hbond substituents is 1. The Morgan fingerprint density at radius 3 is 2.54 bits per heavy atom. The Balaban J connectivity index is 0.847. The number of fused-ring (bicyclic) bond motifs is 4. The lowest BCUT2D eigenvalue weighted by Gasteiger charge is -2.53. The highest BCUT2D eigenvalue weighted by Gasteiger charge is 2.48. The smallest absolute Gasteiger partial charge is 0.262 e. The van der Waals surface area contributed by atoms with Crippen molar-refractivity contribution in [2.75, 3.05) is 57.9 Å². The van der Waals surface area contributed by atoms with Crippen LogP contribution in [-0.4, -0.2) is 90.4 Å². The van der Waals surface area contributed by atoms with Crippen molar-refractivity contribution < 1.29 is 38.8 Å². The van der Waals surface area contributed by atoms with E-state index in [1.165, 1.54) is 50.9 Å². The van der Waals surface area contributed by atoms with Gasteiger partial charge in [-0.15, -0.1) is 0 Å².